The molecule has 5 heteroatoms. The second-order valence-electron chi connectivity index (χ2n) is 7.63. The van der Waals surface area contributed by atoms with Crippen LogP contribution in [0.15, 0.2) is 0 Å². The summed E-state index contributed by atoms with van der Waals surface area (Å²) in [5, 5.41) is 9.62. The molecule has 0 aromatic carbocycles. The van der Waals surface area contributed by atoms with Gasteiger partial charge in [-0.2, -0.15) is 5.26 Å². The Morgan fingerprint density at radius 2 is 1.55 bits per heavy atom. The molecule has 0 aromatic heterocycles. The maximum absolute atomic E-state index is 12.8. The van der Waals surface area contributed by atoms with Gasteiger partial charge in [-0.25, -0.2) is 0 Å². The van der Waals surface area contributed by atoms with Crippen molar-refractivity contribution in [2.24, 2.45) is 5.41 Å². The van der Waals surface area contributed by atoms with E-state index in [1.807, 2.05) is 11.9 Å². The van der Waals surface area contributed by atoms with Crippen LogP contribution in [0.3, 0.4) is 0 Å². The molecule has 1 amide bonds. The number of amides is 1. The van der Waals surface area contributed by atoms with Crippen molar-refractivity contribution in [1.29, 1.82) is 5.26 Å². The van der Waals surface area contributed by atoms with Gasteiger partial charge in [0.15, 0.2) is 0 Å². The molecule has 0 saturated carbocycles. The highest BCUT2D eigenvalue weighted by Crippen LogP contribution is 2.36. The van der Waals surface area contributed by atoms with Gasteiger partial charge in [0.2, 0.25) is 5.91 Å². The van der Waals surface area contributed by atoms with E-state index in [0.29, 0.717) is 6.42 Å². The minimum Gasteiger partial charge on any atom is -0.340 e. The van der Waals surface area contributed by atoms with E-state index in [-0.39, 0.29) is 11.4 Å². The Morgan fingerprint density at radius 3 is 2.00 bits per heavy atom. The van der Waals surface area contributed by atoms with E-state index in [1.54, 1.807) is 0 Å². The van der Waals surface area contributed by atoms with Gasteiger partial charge in [0.05, 0.1) is 11.5 Å². The van der Waals surface area contributed by atoms with Crippen LogP contribution < -0.4 is 0 Å². The first-order valence-corrected chi connectivity index (χ1v) is 8.35. The standard InChI is InChI=1S/C17H30N4O/c1-16(5-9-19(2)10-6-16)21(4)15(22)13-17(14-18)7-11-20(3)12-8-17/h5-13H2,1-4H3. The van der Waals surface area contributed by atoms with Gasteiger partial charge in [-0.15, -0.1) is 0 Å². The normalized spacial score (nSPS) is 25.4. The Labute approximate surface area is 134 Å². The summed E-state index contributed by atoms with van der Waals surface area (Å²) in [5.41, 5.74) is -0.522. The average molecular weight is 306 g/mol. The third-order valence-electron chi connectivity index (χ3n) is 5.92. The summed E-state index contributed by atoms with van der Waals surface area (Å²) < 4.78 is 0. The number of hydrogen-bond acceptors (Lipinski definition) is 4. The van der Waals surface area contributed by atoms with Gasteiger partial charge in [0, 0.05) is 32.1 Å². The van der Waals surface area contributed by atoms with Crippen molar-refractivity contribution in [3.63, 3.8) is 0 Å². The van der Waals surface area contributed by atoms with E-state index in [2.05, 4.69) is 36.9 Å². The van der Waals surface area contributed by atoms with Crippen LogP contribution in [-0.2, 0) is 4.79 Å². The lowest BCUT2D eigenvalue weighted by Crippen LogP contribution is -2.54. The minimum absolute atomic E-state index is 0.0638. The van der Waals surface area contributed by atoms with Crippen molar-refractivity contribution in [3.05, 3.63) is 0 Å². The van der Waals surface area contributed by atoms with Crippen molar-refractivity contribution < 1.29 is 4.79 Å². The van der Waals surface area contributed by atoms with Gasteiger partial charge in [0.25, 0.3) is 0 Å². The van der Waals surface area contributed by atoms with Gasteiger partial charge in [-0.1, -0.05) is 0 Å². The molecule has 0 spiro atoms. The zero-order chi connectivity index (χ0) is 16.4. The molecule has 2 fully saturated rings. The number of carbonyl (C=O) groups is 1. The molecule has 124 valence electrons. The van der Waals surface area contributed by atoms with Crippen LogP contribution in [0.25, 0.3) is 0 Å². The SMILES string of the molecule is CN1CCC(C#N)(CC(=O)N(C)C2(C)CCN(C)CC2)CC1. The molecule has 0 bridgehead atoms. The van der Waals surface area contributed by atoms with E-state index in [4.69, 9.17) is 0 Å². The fourth-order valence-electron chi connectivity index (χ4n) is 3.52. The molecule has 0 radical (unpaired) electrons. The second-order valence-corrected chi connectivity index (χ2v) is 7.63. The summed E-state index contributed by atoms with van der Waals surface area (Å²) in [6.45, 7) is 6.06. The molecule has 0 aliphatic carbocycles. The van der Waals surface area contributed by atoms with Crippen LogP contribution in [0.5, 0.6) is 0 Å². The summed E-state index contributed by atoms with van der Waals surface area (Å²) >= 11 is 0. The fourth-order valence-corrected chi connectivity index (χ4v) is 3.52. The first-order valence-electron chi connectivity index (χ1n) is 8.35. The highest BCUT2D eigenvalue weighted by molar-refractivity contribution is 5.78. The molecule has 0 N–H and O–H groups in total. The molecule has 5 nitrogen and oxygen atoms in total. The van der Waals surface area contributed by atoms with E-state index in [0.717, 1.165) is 51.9 Å². The Hall–Kier alpha value is -1.12. The molecule has 2 rings (SSSR count). The molecule has 2 saturated heterocycles. The third kappa shape index (κ3) is 3.61. The van der Waals surface area contributed by atoms with E-state index in [1.165, 1.54) is 0 Å². The number of nitrogens with zero attached hydrogens (tertiary/aromatic N) is 4. The predicted octanol–water partition coefficient (Wildman–Crippen LogP) is 1.55. The minimum atomic E-state index is -0.459. The Balaban J connectivity index is 2.00. The Kier molecular flexibility index (Phi) is 5.14. The van der Waals surface area contributed by atoms with Gasteiger partial charge >= 0.3 is 0 Å². The van der Waals surface area contributed by atoms with E-state index < -0.39 is 5.41 Å². The van der Waals surface area contributed by atoms with Gasteiger partial charge in [0.1, 0.15) is 0 Å². The van der Waals surface area contributed by atoms with Crippen LogP contribution >= 0.6 is 0 Å². The van der Waals surface area contributed by atoms with Gasteiger partial charge < -0.3 is 14.7 Å². The average Bonchev–Trinajstić information content (AvgIpc) is 2.52. The molecular weight excluding hydrogens is 276 g/mol. The maximum Gasteiger partial charge on any atom is 0.224 e. The lowest BCUT2D eigenvalue weighted by Gasteiger charge is -2.45. The van der Waals surface area contributed by atoms with E-state index in [9.17, 15) is 10.1 Å². The Bertz CT molecular complexity index is 440. The highest BCUT2D eigenvalue weighted by Gasteiger charge is 2.41. The van der Waals surface area contributed by atoms with Crippen molar-refractivity contribution in [2.75, 3.05) is 47.3 Å². The molecule has 0 unspecified atom stereocenters. The lowest BCUT2D eigenvalue weighted by molar-refractivity contribution is -0.139. The largest absolute Gasteiger partial charge is 0.340 e. The topological polar surface area (TPSA) is 50.6 Å². The van der Waals surface area contributed by atoms with Crippen molar-refractivity contribution in [2.45, 2.75) is 44.6 Å². The quantitative estimate of drug-likeness (QED) is 0.794. The smallest absolute Gasteiger partial charge is 0.224 e. The first-order chi connectivity index (χ1) is 10.3. The maximum atomic E-state index is 12.8. The highest BCUT2D eigenvalue weighted by atomic mass is 16.2. The summed E-state index contributed by atoms with van der Waals surface area (Å²) in [6.07, 6.45) is 4.00. The van der Waals surface area contributed by atoms with E-state index >= 15 is 0 Å². The Morgan fingerprint density at radius 1 is 1.09 bits per heavy atom. The summed E-state index contributed by atoms with van der Waals surface area (Å²) in [5.74, 6) is 0.137. The van der Waals surface area contributed by atoms with Crippen LogP contribution in [0.2, 0.25) is 0 Å². The zero-order valence-corrected chi connectivity index (χ0v) is 14.6. The van der Waals surface area contributed by atoms with Crippen molar-refractivity contribution in [3.8, 4) is 6.07 Å². The molecule has 0 aromatic rings. The number of carbonyl (C=O) groups excluding carboxylic acids is 1. The molecule has 2 aliphatic heterocycles. The predicted molar refractivity (Wildman–Crippen MR) is 87.3 cm³/mol. The van der Waals surface area contributed by atoms with Crippen molar-refractivity contribution in [1.82, 2.24) is 14.7 Å². The summed E-state index contributed by atoms with van der Waals surface area (Å²) in [4.78, 5) is 19.3. The molecular formula is C17H30N4O. The number of piperidine rings is 2. The molecule has 2 aliphatic rings. The van der Waals surface area contributed by atoms with Crippen LogP contribution in [-0.4, -0.2) is 73.5 Å². The van der Waals surface area contributed by atoms with Crippen LogP contribution in [0.4, 0.5) is 0 Å². The first kappa shape index (κ1) is 17.2. The molecule has 2 heterocycles. The van der Waals surface area contributed by atoms with Gasteiger partial charge in [-0.3, -0.25) is 4.79 Å². The zero-order valence-electron chi connectivity index (χ0n) is 14.6. The summed E-state index contributed by atoms with van der Waals surface area (Å²) in [7, 11) is 6.13. The third-order valence-corrected chi connectivity index (χ3v) is 5.92. The van der Waals surface area contributed by atoms with Crippen LogP contribution in [0, 0.1) is 16.7 Å². The fraction of sp³-hybridized carbons (Fsp3) is 0.882. The second kappa shape index (κ2) is 6.55. The number of likely N-dealkylation sites (tertiary alicyclic amines) is 2. The summed E-state index contributed by atoms with van der Waals surface area (Å²) in [6, 6.07) is 2.46. The van der Waals surface area contributed by atoms with Crippen LogP contribution in [0.1, 0.15) is 39.0 Å². The number of nitriles is 1. The lowest BCUT2D eigenvalue weighted by atomic mass is 9.76. The van der Waals surface area contributed by atoms with Crippen molar-refractivity contribution >= 4 is 5.91 Å². The number of hydrogen-bond donors (Lipinski definition) is 0. The monoisotopic (exact) mass is 306 g/mol. The molecule has 0 atom stereocenters. The number of rotatable bonds is 3. The van der Waals surface area contributed by atoms with Gasteiger partial charge in [-0.05, 0) is 59.8 Å². The molecule has 22 heavy (non-hydrogen) atoms.